The Morgan fingerprint density at radius 2 is 2.29 bits per heavy atom. The summed E-state index contributed by atoms with van der Waals surface area (Å²) in [5.74, 6) is -0.410. The SMILES string of the molecule is O=c1[nH]nc(-c2cc(F)ccc2Cl)s1. The van der Waals surface area contributed by atoms with Gasteiger partial charge < -0.3 is 0 Å². The van der Waals surface area contributed by atoms with E-state index in [0.29, 0.717) is 15.6 Å². The van der Waals surface area contributed by atoms with Crippen LogP contribution in [0, 0.1) is 5.82 Å². The molecule has 0 radical (unpaired) electrons. The Morgan fingerprint density at radius 1 is 1.50 bits per heavy atom. The standard InChI is InChI=1S/C8H4ClFN2OS/c9-6-2-1-4(10)3-5(6)7-11-12-8(13)14-7/h1-3H,(H,12,13). The molecule has 0 saturated carbocycles. The van der Waals surface area contributed by atoms with E-state index >= 15 is 0 Å². The maximum atomic E-state index is 12.9. The molecule has 3 nitrogen and oxygen atoms in total. The average Bonchev–Trinajstić information content (AvgIpc) is 2.56. The van der Waals surface area contributed by atoms with Crippen LogP contribution >= 0.6 is 22.9 Å². The third-order valence-electron chi connectivity index (χ3n) is 1.60. The molecule has 0 bridgehead atoms. The van der Waals surface area contributed by atoms with E-state index in [2.05, 4.69) is 10.2 Å². The van der Waals surface area contributed by atoms with Crippen LogP contribution in [-0.2, 0) is 0 Å². The predicted molar refractivity (Wildman–Crippen MR) is 53.1 cm³/mol. The van der Waals surface area contributed by atoms with Crippen LogP contribution in [0.1, 0.15) is 0 Å². The third kappa shape index (κ3) is 1.69. The first kappa shape index (κ1) is 9.36. The molecule has 0 aliphatic carbocycles. The summed E-state index contributed by atoms with van der Waals surface area (Å²) < 4.78 is 12.9. The van der Waals surface area contributed by atoms with E-state index in [4.69, 9.17) is 11.6 Å². The fourth-order valence-corrected chi connectivity index (χ4v) is 1.91. The lowest BCUT2D eigenvalue weighted by Crippen LogP contribution is -1.90. The first-order chi connectivity index (χ1) is 6.66. The molecular weight excluding hydrogens is 227 g/mol. The maximum absolute atomic E-state index is 12.9. The quantitative estimate of drug-likeness (QED) is 0.817. The third-order valence-corrected chi connectivity index (χ3v) is 2.71. The lowest BCUT2D eigenvalue weighted by molar-refractivity contribution is 0.628. The van der Waals surface area contributed by atoms with Gasteiger partial charge in [-0.1, -0.05) is 22.9 Å². The summed E-state index contributed by atoms with van der Waals surface area (Å²) in [7, 11) is 0. The minimum absolute atomic E-state index is 0.291. The second-order valence-electron chi connectivity index (χ2n) is 2.54. The van der Waals surface area contributed by atoms with Crippen LogP contribution in [0.3, 0.4) is 0 Å². The van der Waals surface area contributed by atoms with Crippen molar-refractivity contribution in [1.82, 2.24) is 10.2 Å². The number of aromatic amines is 1. The molecule has 0 atom stereocenters. The van der Waals surface area contributed by atoms with Gasteiger partial charge in [0.05, 0.1) is 5.02 Å². The fraction of sp³-hybridized carbons (Fsp3) is 0. The van der Waals surface area contributed by atoms with E-state index in [1.807, 2.05) is 0 Å². The lowest BCUT2D eigenvalue weighted by Gasteiger charge is -1.98. The summed E-state index contributed by atoms with van der Waals surface area (Å²) in [6.07, 6.45) is 0. The largest absolute Gasteiger partial charge is 0.322 e. The zero-order chi connectivity index (χ0) is 10.1. The summed E-state index contributed by atoms with van der Waals surface area (Å²) in [6.45, 7) is 0. The van der Waals surface area contributed by atoms with E-state index < -0.39 is 5.82 Å². The highest BCUT2D eigenvalue weighted by Crippen LogP contribution is 2.27. The zero-order valence-corrected chi connectivity index (χ0v) is 8.32. The second kappa shape index (κ2) is 3.51. The lowest BCUT2D eigenvalue weighted by atomic mass is 10.2. The van der Waals surface area contributed by atoms with Crippen molar-refractivity contribution in [2.24, 2.45) is 0 Å². The van der Waals surface area contributed by atoms with Crippen LogP contribution in [-0.4, -0.2) is 10.2 Å². The molecule has 0 spiro atoms. The van der Waals surface area contributed by atoms with E-state index in [9.17, 15) is 9.18 Å². The Morgan fingerprint density at radius 3 is 2.93 bits per heavy atom. The smallest absolute Gasteiger partial charge is 0.255 e. The molecule has 1 heterocycles. The minimum atomic E-state index is -0.410. The van der Waals surface area contributed by atoms with E-state index in [-0.39, 0.29) is 4.87 Å². The Hall–Kier alpha value is -1.20. The van der Waals surface area contributed by atoms with Crippen molar-refractivity contribution in [2.75, 3.05) is 0 Å². The average molecular weight is 231 g/mol. The molecule has 72 valence electrons. The number of nitrogens with one attached hydrogen (secondary N) is 1. The molecule has 2 aromatic rings. The number of rotatable bonds is 1. The fourth-order valence-electron chi connectivity index (χ4n) is 1.01. The Labute approximate surface area is 87.2 Å². The molecule has 2 rings (SSSR count). The first-order valence-electron chi connectivity index (χ1n) is 3.68. The van der Waals surface area contributed by atoms with Crippen LogP contribution in [0.15, 0.2) is 23.0 Å². The van der Waals surface area contributed by atoms with E-state index in [1.54, 1.807) is 0 Å². The van der Waals surface area contributed by atoms with Crippen LogP contribution in [0.2, 0.25) is 5.02 Å². The molecule has 0 amide bonds. The van der Waals surface area contributed by atoms with Gasteiger partial charge in [-0.2, -0.15) is 5.10 Å². The minimum Gasteiger partial charge on any atom is -0.255 e. The number of halogens is 2. The van der Waals surface area contributed by atoms with Gasteiger partial charge in [0.15, 0.2) is 0 Å². The summed E-state index contributed by atoms with van der Waals surface area (Å²) >= 11 is 6.71. The zero-order valence-electron chi connectivity index (χ0n) is 6.75. The van der Waals surface area contributed by atoms with Crippen LogP contribution in [0.4, 0.5) is 4.39 Å². The van der Waals surface area contributed by atoms with Crippen molar-refractivity contribution in [1.29, 1.82) is 0 Å². The van der Waals surface area contributed by atoms with Gasteiger partial charge in [0, 0.05) is 5.56 Å². The van der Waals surface area contributed by atoms with Gasteiger partial charge >= 0.3 is 4.87 Å². The Balaban J connectivity index is 2.61. The molecule has 6 heteroatoms. The number of benzene rings is 1. The van der Waals surface area contributed by atoms with Gasteiger partial charge in [-0.25, -0.2) is 9.49 Å². The van der Waals surface area contributed by atoms with Crippen molar-refractivity contribution >= 4 is 22.9 Å². The number of hydrogen-bond acceptors (Lipinski definition) is 3. The monoisotopic (exact) mass is 230 g/mol. The second-order valence-corrected chi connectivity index (χ2v) is 3.91. The molecule has 14 heavy (non-hydrogen) atoms. The number of H-pyrrole nitrogens is 1. The summed E-state index contributed by atoms with van der Waals surface area (Å²) in [4.78, 5) is 10.5. The van der Waals surface area contributed by atoms with Crippen molar-refractivity contribution in [2.45, 2.75) is 0 Å². The molecule has 0 saturated heterocycles. The van der Waals surface area contributed by atoms with Crippen molar-refractivity contribution in [3.8, 4) is 10.6 Å². The maximum Gasteiger partial charge on any atom is 0.322 e. The van der Waals surface area contributed by atoms with E-state index in [1.165, 1.54) is 18.2 Å². The Bertz CT molecular complexity index is 522. The molecule has 0 aliphatic rings. The number of aromatic nitrogens is 2. The van der Waals surface area contributed by atoms with E-state index in [0.717, 1.165) is 11.3 Å². The molecule has 1 aromatic heterocycles. The van der Waals surface area contributed by atoms with Gasteiger partial charge in [0.1, 0.15) is 10.8 Å². The highest BCUT2D eigenvalue weighted by molar-refractivity contribution is 7.12. The van der Waals surface area contributed by atoms with Crippen LogP contribution in [0.25, 0.3) is 10.6 Å². The van der Waals surface area contributed by atoms with Crippen LogP contribution in [0.5, 0.6) is 0 Å². The van der Waals surface area contributed by atoms with Crippen molar-refractivity contribution < 1.29 is 4.39 Å². The summed E-state index contributed by atoms with van der Waals surface area (Å²) in [5.41, 5.74) is 0.426. The topological polar surface area (TPSA) is 45.8 Å². The molecular formula is C8H4ClFN2OS. The van der Waals surface area contributed by atoms with Gasteiger partial charge in [0.2, 0.25) is 0 Å². The molecule has 1 aromatic carbocycles. The summed E-state index contributed by atoms with van der Waals surface area (Å²) in [5, 5.41) is 6.72. The predicted octanol–water partition coefficient (Wildman–Crippen LogP) is 2.29. The molecule has 0 aliphatic heterocycles. The molecule has 1 N–H and O–H groups in total. The number of nitrogens with zero attached hydrogens (tertiary/aromatic N) is 1. The highest BCUT2D eigenvalue weighted by atomic mass is 35.5. The first-order valence-corrected chi connectivity index (χ1v) is 4.87. The van der Waals surface area contributed by atoms with Crippen molar-refractivity contribution in [3.63, 3.8) is 0 Å². The van der Waals surface area contributed by atoms with Gasteiger partial charge in [-0.15, -0.1) is 0 Å². The van der Waals surface area contributed by atoms with Gasteiger partial charge in [-0.05, 0) is 18.2 Å². The Kier molecular flexibility index (Phi) is 2.35. The van der Waals surface area contributed by atoms with Crippen molar-refractivity contribution in [3.05, 3.63) is 38.7 Å². The molecule has 0 unspecified atom stereocenters. The molecule has 0 fully saturated rings. The van der Waals surface area contributed by atoms with Gasteiger partial charge in [-0.3, -0.25) is 4.79 Å². The van der Waals surface area contributed by atoms with Gasteiger partial charge in [0.25, 0.3) is 0 Å². The van der Waals surface area contributed by atoms with Crippen LogP contribution < -0.4 is 4.87 Å². The highest BCUT2D eigenvalue weighted by Gasteiger charge is 2.08. The normalized spacial score (nSPS) is 10.4. The summed E-state index contributed by atoms with van der Waals surface area (Å²) in [6, 6.07) is 3.92. The number of hydrogen-bond donors (Lipinski definition) is 1.